The first-order valence-corrected chi connectivity index (χ1v) is 10.5. The van der Waals surface area contributed by atoms with E-state index in [2.05, 4.69) is 34.1 Å². The Labute approximate surface area is 145 Å². The molecule has 0 atom stereocenters. The Morgan fingerprint density at radius 1 is 1.22 bits per heavy atom. The number of rotatable bonds is 9. The third-order valence-corrected chi connectivity index (χ3v) is 6.23. The number of benzene rings is 1. The molecule has 0 aliphatic rings. The molecule has 0 bridgehead atoms. The number of hydrogen-bond donors (Lipinski definition) is 2. The predicted molar refractivity (Wildman–Crippen MR) is 95.6 cm³/mol. The van der Waals surface area contributed by atoms with Gasteiger partial charge in [0.15, 0.2) is 4.34 Å². The van der Waals surface area contributed by atoms with Gasteiger partial charge in [0.1, 0.15) is 0 Å². The first kappa shape index (κ1) is 18.2. The van der Waals surface area contributed by atoms with Crippen LogP contribution in [0.3, 0.4) is 0 Å². The number of anilines is 1. The highest BCUT2D eigenvalue weighted by atomic mass is 32.2. The van der Waals surface area contributed by atoms with Crippen LogP contribution in [0.15, 0.2) is 39.6 Å². The van der Waals surface area contributed by atoms with Crippen LogP contribution in [-0.2, 0) is 10.0 Å². The van der Waals surface area contributed by atoms with Gasteiger partial charge in [0.05, 0.1) is 4.90 Å². The van der Waals surface area contributed by atoms with Crippen LogP contribution < -0.4 is 10.0 Å². The van der Waals surface area contributed by atoms with Gasteiger partial charge in [0, 0.05) is 18.8 Å². The van der Waals surface area contributed by atoms with E-state index in [9.17, 15) is 8.42 Å². The van der Waals surface area contributed by atoms with Gasteiger partial charge in [-0.05, 0) is 18.1 Å². The summed E-state index contributed by atoms with van der Waals surface area (Å²) in [6.07, 6.45) is 0. The van der Waals surface area contributed by atoms with Gasteiger partial charge < -0.3 is 5.32 Å². The van der Waals surface area contributed by atoms with Gasteiger partial charge in [-0.3, -0.25) is 0 Å². The molecule has 6 nitrogen and oxygen atoms in total. The quantitative estimate of drug-likeness (QED) is 0.520. The van der Waals surface area contributed by atoms with Gasteiger partial charge in [-0.2, -0.15) is 0 Å². The van der Waals surface area contributed by atoms with E-state index in [0.717, 1.165) is 16.0 Å². The van der Waals surface area contributed by atoms with Crippen molar-refractivity contribution in [2.75, 3.05) is 24.2 Å². The van der Waals surface area contributed by atoms with Crippen molar-refractivity contribution in [1.82, 2.24) is 14.9 Å². The highest BCUT2D eigenvalue weighted by Crippen LogP contribution is 2.25. The molecule has 1 heterocycles. The lowest BCUT2D eigenvalue weighted by atomic mass is 10.2. The van der Waals surface area contributed by atoms with Gasteiger partial charge in [-0.1, -0.05) is 55.1 Å². The van der Waals surface area contributed by atoms with Crippen molar-refractivity contribution in [3.63, 3.8) is 0 Å². The average Bonchev–Trinajstić information content (AvgIpc) is 2.98. The van der Waals surface area contributed by atoms with Crippen LogP contribution in [0.2, 0.25) is 0 Å². The zero-order valence-corrected chi connectivity index (χ0v) is 15.5. The first-order chi connectivity index (χ1) is 11.0. The average molecular weight is 373 g/mol. The summed E-state index contributed by atoms with van der Waals surface area (Å²) in [6, 6.07) is 8.35. The smallest absolute Gasteiger partial charge is 0.240 e. The van der Waals surface area contributed by atoms with Crippen LogP contribution in [-0.4, -0.2) is 37.5 Å². The summed E-state index contributed by atoms with van der Waals surface area (Å²) >= 11 is 2.97. The maximum atomic E-state index is 12.0. The molecule has 9 heteroatoms. The van der Waals surface area contributed by atoms with Crippen LogP contribution in [0.4, 0.5) is 5.13 Å². The van der Waals surface area contributed by atoms with Gasteiger partial charge >= 0.3 is 0 Å². The molecule has 0 saturated carbocycles. The van der Waals surface area contributed by atoms with E-state index in [0.29, 0.717) is 18.2 Å². The number of nitrogens with one attached hydrogen (secondary N) is 2. The molecule has 0 aliphatic carbocycles. The maximum absolute atomic E-state index is 12.0. The fraction of sp³-hybridized carbons (Fsp3) is 0.429. The second-order valence-electron chi connectivity index (χ2n) is 5.21. The van der Waals surface area contributed by atoms with E-state index in [1.165, 1.54) is 23.1 Å². The number of thioether (sulfide) groups is 1. The molecule has 1 aromatic carbocycles. The number of aromatic nitrogens is 2. The zero-order valence-electron chi connectivity index (χ0n) is 13.0. The molecule has 0 fully saturated rings. The van der Waals surface area contributed by atoms with E-state index in [1.54, 1.807) is 30.3 Å². The molecule has 2 rings (SSSR count). The van der Waals surface area contributed by atoms with Gasteiger partial charge in [-0.25, -0.2) is 13.1 Å². The van der Waals surface area contributed by atoms with Crippen molar-refractivity contribution < 1.29 is 8.42 Å². The van der Waals surface area contributed by atoms with Crippen molar-refractivity contribution in [1.29, 1.82) is 0 Å². The Morgan fingerprint density at radius 2 is 1.96 bits per heavy atom. The Kier molecular flexibility index (Phi) is 6.82. The molecule has 0 radical (unpaired) electrons. The highest BCUT2D eigenvalue weighted by molar-refractivity contribution is 8.01. The summed E-state index contributed by atoms with van der Waals surface area (Å²) in [4.78, 5) is 0.279. The Hall–Kier alpha value is -1.16. The molecule has 1 aromatic heterocycles. The van der Waals surface area contributed by atoms with Gasteiger partial charge in [0.2, 0.25) is 15.2 Å². The normalized spacial score (nSPS) is 11.8. The summed E-state index contributed by atoms with van der Waals surface area (Å²) < 4.78 is 27.5. The minimum Gasteiger partial charge on any atom is -0.360 e. The monoisotopic (exact) mass is 372 g/mol. The molecule has 0 aliphatic heterocycles. The van der Waals surface area contributed by atoms with Crippen molar-refractivity contribution in [2.24, 2.45) is 5.92 Å². The number of nitrogens with zero attached hydrogens (tertiary/aromatic N) is 2. The Bertz CT molecular complexity index is 702. The van der Waals surface area contributed by atoms with Crippen molar-refractivity contribution >= 4 is 38.3 Å². The molecule has 0 saturated heterocycles. The molecule has 126 valence electrons. The zero-order chi connectivity index (χ0) is 16.7. The van der Waals surface area contributed by atoms with E-state index in [4.69, 9.17) is 0 Å². The maximum Gasteiger partial charge on any atom is 0.240 e. The number of sulfonamides is 1. The minimum absolute atomic E-state index is 0.279. The van der Waals surface area contributed by atoms with Crippen molar-refractivity contribution in [3.8, 4) is 0 Å². The minimum atomic E-state index is -3.44. The summed E-state index contributed by atoms with van der Waals surface area (Å²) in [5, 5.41) is 12.2. The molecule has 2 N–H and O–H groups in total. The van der Waals surface area contributed by atoms with Crippen LogP contribution in [0.1, 0.15) is 13.8 Å². The Morgan fingerprint density at radius 3 is 2.65 bits per heavy atom. The number of hydrogen-bond acceptors (Lipinski definition) is 7. The van der Waals surface area contributed by atoms with E-state index in [1.807, 2.05) is 0 Å². The molecule has 2 aromatic rings. The molecule has 0 spiro atoms. The molecular weight excluding hydrogens is 352 g/mol. The Balaban J connectivity index is 1.75. The third kappa shape index (κ3) is 6.09. The topological polar surface area (TPSA) is 84.0 Å². The van der Waals surface area contributed by atoms with E-state index in [-0.39, 0.29) is 4.90 Å². The van der Waals surface area contributed by atoms with Crippen molar-refractivity contribution in [3.05, 3.63) is 30.3 Å². The second-order valence-corrected chi connectivity index (χ2v) is 9.29. The SMILES string of the molecule is CC(C)CNc1nnc(SCCNS(=O)(=O)c2ccccc2)s1. The second kappa shape index (κ2) is 8.62. The molecule has 0 amide bonds. The van der Waals surface area contributed by atoms with Crippen LogP contribution in [0.5, 0.6) is 0 Å². The summed E-state index contributed by atoms with van der Waals surface area (Å²) in [5.41, 5.74) is 0. The fourth-order valence-corrected chi connectivity index (χ4v) is 4.49. The van der Waals surface area contributed by atoms with Gasteiger partial charge in [0.25, 0.3) is 0 Å². The lowest BCUT2D eigenvalue weighted by Crippen LogP contribution is -2.25. The van der Waals surface area contributed by atoms with Crippen LogP contribution >= 0.6 is 23.1 Å². The van der Waals surface area contributed by atoms with Gasteiger partial charge in [-0.15, -0.1) is 10.2 Å². The molecular formula is C14H20N4O2S3. The summed E-state index contributed by atoms with van der Waals surface area (Å²) in [7, 11) is -3.44. The van der Waals surface area contributed by atoms with Crippen molar-refractivity contribution in [2.45, 2.75) is 23.1 Å². The molecule has 0 unspecified atom stereocenters. The largest absolute Gasteiger partial charge is 0.360 e. The lowest BCUT2D eigenvalue weighted by molar-refractivity contribution is 0.584. The van der Waals surface area contributed by atoms with E-state index < -0.39 is 10.0 Å². The third-order valence-electron chi connectivity index (χ3n) is 2.74. The first-order valence-electron chi connectivity index (χ1n) is 7.22. The highest BCUT2D eigenvalue weighted by Gasteiger charge is 2.12. The fourth-order valence-electron chi connectivity index (χ4n) is 1.63. The standard InChI is InChI=1S/C14H20N4O2S3/c1-11(2)10-15-13-17-18-14(22-13)21-9-8-16-23(19,20)12-6-4-3-5-7-12/h3-7,11,16H,8-10H2,1-2H3,(H,15,17). The van der Waals surface area contributed by atoms with E-state index >= 15 is 0 Å². The summed E-state index contributed by atoms with van der Waals surface area (Å²) in [6.45, 7) is 5.46. The summed E-state index contributed by atoms with van der Waals surface area (Å²) in [5.74, 6) is 1.15. The lowest BCUT2D eigenvalue weighted by Gasteiger charge is -2.05. The molecule has 23 heavy (non-hydrogen) atoms. The van der Waals surface area contributed by atoms with Crippen LogP contribution in [0.25, 0.3) is 0 Å². The van der Waals surface area contributed by atoms with Crippen LogP contribution in [0, 0.1) is 5.92 Å². The predicted octanol–water partition coefficient (Wildman–Crippen LogP) is 2.68.